The van der Waals surface area contributed by atoms with Crippen molar-refractivity contribution in [2.45, 2.75) is 19.1 Å². The van der Waals surface area contributed by atoms with Crippen LogP contribution in [0.3, 0.4) is 0 Å². The second-order valence-corrected chi connectivity index (χ2v) is 7.21. The number of hydrogen-bond donors (Lipinski definition) is 2. The number of ether oxygens (including phenoxy) is 4. The van der Waals surface area contributed by atoms with E-state index in [1.54, 1.807) is 21.3 Å². The SMILES string of the molecule is COc1cc2c(cc1OCC(O)CO)CC[n+]1cc3c(OC)c(OC)ccc3cc1-2. The second-order valence-electron chi connectivity index (χ2n) is 7.21. The third-order valence-corrected chi connectivity index (χ3v) is 5.43. The number of pyridine rings is 1. The van der Waals surface area contributed by atoms with E-state index in [1.165, 1.54) is 0 Å². The molecule has 1 atom stereocenters. The smallest absolute Gasteiger partial charge is 0.213 e. The van der Waals surface area contributed by atoms with Crippen molar-refractivity contribution in [2.75, 3.05) is 34.5 Å². The quantitative estimate of drug-likeness (QED) is 0.579. The Morgan fingerprint density at radius 2 is 1.80 bits per heavy atom. The molecular formula is C23H26NO6+. The van der Waals surface area contributed by atoms with E-state index in [1.807, 2.05) is 24.3 Å². The van der Waals surface area contributed by atoms with Crippen molar-refractivity contribution >= 4 is 10.8 Å². The molecular weight excluding hydrogens is 386 g/mol. The van der Waals surface area contributed by atoms with Gasteiger partial charge in [0.25, 0.3) is 0 Å². The molecule has 7 nitrogen and oxygen atoms in total. The molecule has 0 bridgehead atoms. The van der Waals surface area contributed by atoms with Crippen LogP contribution >= 0.6 is 0 Å². The average molecular weight is 412 g/mol. The summed E-state index contributed by atoms with van der Waals surface area (Å²) in [5.74, 6) is 2.57. The summed E-state index contributed by atoms with van der Waals surface area (Å²) in [6, 6.07) is 10.0. The van der Waals surface area contributed by atoms with Crippen LogP contribution in [0.15, 0.2) is 36.5 Å². The van der Waals surface area contributed by atoms with E-state index in [0.29, 0.717) is 17.2 Å². The van der Waals surface area contributed by atoms with Gasteiger partial charge in [-0.1, -0.05) is 0 Å². The van der Waals surface area contributed by atoms with E-state index in [2.05, 4.69) is 16.8 Å². The van der Waals surface area contributed by atoms with Crippen LogP contribution in [0.25, 0.3) is 22.0 Å². The van der Waals surface area contributed by atoms with Gasteiger partial charge in [-0.3, -0.25) is 0 Å². The molecule has 0 radical (unpaired) electrons. The number of rotatable bonds is 7. The lowest BCUT2D eigenvalue weighted by Crippen LogP contribution is -2.40. The number of aromatic nitrogens is 1. The number of aryl methyl sites for hydroxylation is 2. The third kappa shape index (κ3) is 3.51. The normalized spacial score (nSPS) is 13.4. The van der Waals surface area contributed by atoms with E-state index < -0.39 is 6.10 Å². The average Bonchev–Trinajstić information content (AvgIpc) is 2.79. The summed E-state index contributed by atoms with van der Waals surface area (Å²) in [4.78, 5) is 0. The second kappa shape index (κ2) is 8.38. The molecule has 4 rings (SSSR count). The molecule has 0 aliphatic carbocycles. The fraction of sp³-hybridized carbons (Fsp3) is 0.348. The maximum atomic E-state index is 9.59. The van der Waals surface area contributed by atoms with Crippen LogP contribution in [0.1, 0.15) is 5.56 Å². The van der Waals surface area contributed by atoms with Gasteiger partial charge in [-0.2, -0.15) is 4.57 Å². The van der Waals surface area contributed by atoms with Crippen LogP contribution in [0.2, 0.25) is 0 Å². The largest absolute Gasteiger partial charge is 0.493 e. The fourth-order valence-electron chi connectivity index (χ4n) is 3.90. The Hall–Kier alpha value is -3.03. The van der Waals surface area contributed by atoms with E-state index >= 15 is 0 Å². The summed E-state index contributed by atoms with van der Waals surface area (Å²) in [5.41, 5.74) is 3.30. The zero-order valence-corrected chi connectivity index (χ0v) is 17.3. The zero-order chi connectivity index (χ0) is 21.3. The number of aliphatic hydroxyl groups excluding tert-OH is 2. The monoisotopic (exact) mass is 412 g/mol. The van der Waals surface area contributed by atoms with Gasteiger partial charge in [-0.25, -0.2) is 0 Å². The van der Waals surface area contributed by atoms with Crippen LogP contribution in [-0.4, -0.2) is 50.9 Å². The molecule has 7 heteroatoms. The third-order valence-electron chi connectivity index (χ3n) is 5.43. The standard InChI is InChI=1S/C23H26NO6/c1-27-20-5-4-14-8-19-17-10-21(28-2)22(30-13-16(26)12-25)9-15(17)6-7-24(19)11-18(14)23(20)29-3/h4-5,8-11,16,25-26H,6-7,12-13H2,1-3H3/q+1. The summed E-state index contributed by atoms with van der Waals surface area (Å²) in [7, 11) is 4.87. The van der Waals surface area contributed by atoms with Gasteiger partial charge >= 0.3 is 0 Å². The number of aliphatic hydroxyl groups is 2. The highest BCUT2D eigenvalue weighted by molar-refractivity contribution is 5.91. The Kier molecular flexibility index (Phi) is 5.65. The molecule has 0 amide bonds. The molecule has 0 saturated carbocycles. The summed E-state index contributed by atoms with van der Waals surface area (Å²) in [6.45, 7) is 0.464. The first-order chi connectivity index (χ1) is 14.6. The highest BCUT2D eigenvalue weighted by Gasteiger charge is 2.27. The van der Waals surface area contributed by atoms with E-state index in [-0.39, 0.29) is 13.2 Å². The molecule has 3 aromatic rings. The van der Waals surface area contributed by atoms with Gasteiger partial charge in [-0.15, -0.1) is 0 Å². The lowest BCUT2D eigenvalue weighted by Gasteiger charge is -2.20. The van der Waals surface area contributed by atoms with Gasteiger partial charge in [0, 0.05) is 12.5 Å². The van der Waals surface area contributed by atoms with Crippen LogP contribution < -0.4 is 23.5 Å². The molecule has 1 aromatic heterocycles. The number of benzene rings is 2. The predicted molar refractivity (Wildman–Crippen MR) is 112 cm³/mol. The molecule has 158 valence electrons. The maximum Gasteiger partial charge on any atom is 0.213 e. The highest BCUT2D eigenvalue weighted by atomic mass is 16.5. The topological polar surface area (TPSA) is 81.3 Å². The summed E-state index contributed by atoms with van der Waals surface area (Å²) in [5, 5.41) is 20.7. The van der Waals surface area contributed by atoms with Gasteiger partial charge in [0.15, 0.2) is 35.7 Å². The van der Waals surface area contributed by atoms with Crippen molar-refractivity contribution < 1.29 is 33.7 Å². The van der Waals surface area contributed by atoms with Crippen molar-refractivity contribution in [3.8, 4) is 34.3 Å². The molecule has 30 heavy (non-hydrogen) atoms. The molecule has 2 N–H and O–H groups in total. The minimum Gasteiger partial charge on any atom is -0.493 e. The summed E-state index contributed by atoms with van der Waals surface area (Å²) in [6.07, 6.45) is 2.00. The van der Waals surface area contributed by atoms with Crippen molar-refractivity contribution in [3.05, 3.63) is 42.1 Å². The molecule has 2 heterocycles. The van der Waals surface area contributed by atoms with Gasteiger partial charge in [0.2, 0.25) is 5.69 Å². The zero-order valence-electron chi connectivity index (χ0n) is 17.3. The Morgan fingerprint density at radius 1 is 1.00 bits per heavy atom. The van der Waals surface area contributed by atoms with Gasteiger partial charge in [0.1, 0.15) is 12.7 Å². The lowest BCUT2D eigenvalue weighted by molar-refractivity contribution is -0.686. The molecule has 0 saturated heterocycles. The predicted octanol–water partition coefficient (Wildman–Crippen LogP) is 2.11. The van der Waals surface area contributed by atoms with Crippen molar-refractivity contribution in [1.82, 2.24) is 0 Å². The van der Waals surface area contributed by atoms with E-state index in [4.69, 9.17) is 24.1 Å². The Labute approximate surface area is 175 Å². The van der Waals surface area contributed by atoms with Gasteiger partial charge in [0.05, 0.1) is 38.9 Å². The molecule has 2 aromatic carbocycles. The minimum absolute atomic E-state index is 0.00322. The Bertz CT molecular complexity index is 1080. The van der Waals surface area contributed by atoms with Gasteiger partial charge < -0.3 is 29.2 Å². The van der Waals surface area contributed by atoms with Crippen molar-refractivity contribution in [1.29, 1.82) is 0 Å². The molecule has 0 spiro atoms. The van der Waals surface area contributed by atoms with Crippen LogP contribution in [0.5, 0.6) is 23.0 Å². The summed E-state index contributed by atoms with van der Waals surface area (Å²) < 4.78 is 24.5. The van der Waals surface area contributed by atoms with Crippen LogP contribution in [0.4, 0.5) is 0 Å². The maximum absolute atomic E-state index is 9.59. The number of hydrogen-bond acceptors (Lipinski definition) is 6. The van der Waals surface area contributed by atoms with E-state index in [0.717, 1.165) is 46.3 Å². The Balaban J connectivity index is 1.80. The first-order valence-corrected chi connectivity index (χ1v) is 9.80. The minimum atomic E-state index is -0.930. The number of fused-ring (bicyclic) bond motifs is 4. The molecule has 1 aliphatic heterocycles. The Morgan fingerprint density at radius 3 is 2.50 bits per heavy atom. The van der Waals surface area contributed by atoms with Gasteiger partial charge in [-0.05, 0) is 35.2 Å². The molecule has 0 fully saturated rings. The molecule has 1 unspecified atom stereocenters. The van der Waals surface area contributed by atoms with Crippen LogP contribution in [0, 0.1) is 0 Å². The first kappa shape index (κ1) is 20.3. The van der Waals surface area contributed by atoms with Crippen LogP contribution in [-0.2, 0) is 13.0 Å². The van der Waals surface area contributed by atoms with E-state index in [9.17, 15) is 5.11 Å². The lowest BCUT2D eigenvalue weighted by atomic mass is 9.95. The number of methoxy groups -OCH3 is 3. The fourth-order valence-corrected chi connectivity index (χ4v) is 3.90. The number of nitrogens with zero attached hydrogens (tertiary/aromatic N) is 1. The van der Waals surface area contributed by atoms with Crippen molar-refractivity contribution in [2.24, 2.45) is 0 Å². The highest BCUT2D eigenvalue weighted by Crippen LogP contribution is 2.40. The first-order valence-electron chi connectivity index (χ1n) is 9.80. The molecule has 1 aliphatic rings. The van der Waals surface area contributed by atoms with Crippen molar-refractivity contribution in [3.63, 3.8) is 0 Å². The summed E-state index contributed by atoms with van der Waals surface area (Å²) >= 11 is 0.